The molecule has 186 valence electrons. The highest BCUT2D eigenvalue weighted by Gasteiger charge is 2.43. The van der Waals surface area contributed by atoms with E-state index in [9.17, 15) is 19.8 Å². The molecule has 1 aliphatic rings. The third-order valence-corrected chi connectivity index (χ3v) is 7.11. The molecule has 1 amide bonds. The highest BCUT2D eigenvalue weighted by Crippen LogP contribution is 2.40. The van der Waals surface area contributed by atoms with Crippen molar-refractivity contribution < 1.29 is 24.5 Å². The molecule has 3 aromatic rings. The van der Waals surface area contributed by atoms with E-state index in [1.54, 1.807) is 35.9 Å². The number of thioether (sulfide) groups is 1. The van der Waals surface area contributed by atoms with E-state index in [4.69, 9.17) is 40.2 Å². The van der Waals surface area contributed by atoms with Gasteiger partial charge in [0.1, 0.15) is 10.1 Å². The molecule has 0 radical (unpaired) electrons. The molecular formula is C24H19Cl2N3O5S2. The van der Waals surface area contributed by atoms with Crippen LogP contribution in [0.3, 0.4) is 0 Å². The van der Waals surface area contributed by atoms with E-state index in [1.807, 2.05) is 30.3 Å². The van der Waals surface area contributed by atoms with Crippen molar-refractivity contribution in [3.8, 4) is 17.3 Å². The molecule has 2 heterocycles. The lowest BCUT2D eigenvalue weighted by atomic mass is 10.1. The van der Waals surface area contributed by atoms with Gasteiger partial charge in [0.25, 0.3) is 5.91 Å². The van der Waals surface area contributed by atoms with Crippen LogP contribution in [0.4, 0.5) is 0 Å². The predicted molar refractivity (Wildman–Crippen MR) is 143 cm³/mol. The van der Waals surface area contributed by atoms with E-state index in [2.05, 4.69) is 5.10 Å². The van der Waals surface area contributed by atoms with Crippen molar-refractivity contribution in [2.45, 2.75) is 26.0 Å². The van der Waals surface area contributed by atoms with Crippen molar-refractivity contribution in [1.82, 2.24) is 14.7 Å². The summed E-state index contributed by atoms with van der Waals surface area (Å²) in [6.45, 7) is 3.04. The van der Waals surface area contributed by atoms with Gasteiger partial charge in [-0.2, -0.15) is 9.78 Å². The summed E-state index contributed by atoms with van der Waals surface area (Å²) in [4.78, 5) is 26.0. The molecule has 1 saturated heterocycles. The fourth-order valence-corrected chi connectivity index (χ4v) is 5.33. The van der Waals surface area contributed by atoms with Crippen LogP contribution < -0.4 is 4.74 Å². The number of thiocarbonyl (C=S) groups is 1. The molecule has 4 rings (SSSR count). The smallest absolute Gasteiger partial charge is 0.329 e. The van der Waals surface area contributed by atoms with E-state index < -0.39 is 24.0 Å². The fourth-order valence-electron chi connectivity index (χ4n) is 3.57. The molecule has 1 unspecified atom stereocenters. The lowest BCUT2D eigenvalue weighted by Gasteiger charge is -2.25. The van der Waals surface area contributed by atoms with Crippen LogP contribution in [0.25, 0.3) is 11.8 Å². The number of aliphatic hydroxyl groups is 1. The Balaban J connectivity index is 1.83. The summed E-state index contributed by atoms with van der Waals surface area (Å²) < 4.78 is 7.79. The van der Waals surface area contributed by atoms with Crippen LogP contribution >= 0.6 is 47.2 Å². The number of aromatic nitrogens is 2. The number of aliphatic hydroxyl groups excluding tert-OH is 1. The Morgan fingerprint density at radius 1 is 1.22 bits per heavy atom. The normalized spacial score (nSPS) is 16.5. The quantitative estimate of drug-likeness (QED) is 0.294. The Morgan fingerprint density at radius 2 is 1.92 bits per heavy atom. The summed E-state index contributed by atoms with van der Waals surface area (Å²) in [6.07, 6.45) is 0.208. The minimum absolute atomic E-state index is 0.0240. The standard InChI is InChI=1S/C24H19Cl2N3O5S2/c1-12-16(11-19-21(31)28(24(35)36-19)20(13(2)30)23(32)33)22(29(27-12)15-6-4-3-5-7-15)34-18-9-8-14(25)10-17(18)26/h3-11,13,20,30H,1-2H3,(H,32,33)/b19-11-/t13?,20-/m0/s1. The van der Waals surface area contributed by atoms with Crippen molar-refractivity contribution in [3.63, 3.8) is 0 Å². The number of benzene rings is 2. The Morgan fingerprint density at radius 3 is 2.53 bits per heavy atom. The molecule has 0 saturated carbocycles. The van der Waals surface area contributed by atoms with Crippen molar-refractivity contribution >= 4 is 69.5 Å². The second kappa shape index (κ2) is 10.6. The molecule has 36 heavy (non-hydrogen) atoms. The van der Waals surface area contributed by atoms with Crippen LogP contribution in [0.1, 0.15) is 18.2 Å². The summed E-state index contributed by atoms with van der Waals surface area (Å²) >= 11 is 18.6. The summed E-state index contributed by atoms with van der Waals surface area (Å²) in [5, 5.41) is 24.8. The molecule has 0 bridgehead atoms. The molecule has 2 atom stereocenters. The number of hydrogen-bond acceptors (Lipinski definition) is 7. The van der Waals surface area contributed by atoms with E-state index in [1.165, 1.54) is 6.92 Å². The van der Waals surface area contributed by atoms with Crippen molar-refractivity contribution in [2.24, 2.45) is 0 Å². The van der Waals surface area contributed by atoms with Crippen LogP contribution in [0.2, 0.25) is 10.0 Å². The maximum Gasteiger partial charge on any atom is 0.329 e. The van der Waals surface area contributed by atoms with E-state index in [0.717, 1.165) is 16.7 Å². The van der Waals surface area contributed by atoms with E-state index in [-0.39, 0.29) is 20.1 Å². The van der Waals surface area contributed by atoms with Gasteiger partial charge in [0, 0.05) is 5.02 Å². The lowest BCUT2D eigenvalue weighted by molar-refractivity contribution is -0.149. The first-order valence-electron chi connectivity index (χ1n) is 10.5. The summed E-state index contributed by atoms with van der Waals surface area (Å²) in [5.74, 6) is -1.41. The SMILES string of the molecule is Cc1nn(-c2ccccc2)c(Oc2ccc(Cl)cc2Cl)c1/C=C1\SC(=S)N([C@H](C(=O)O)C(C)O)C1=O. The number of aliphatic carboxylic acids is 1. The first-order chi connectivity index (χ1) is 17.1. The Bertz CT molecular complexity index is 1390. The molecule has 0 spiro atoms. The average molecular weight is 564 g/mol. The highest BCUT2D eigenvalue weighted by atomic mass is 35.5. The number of aryl methyl sites for hydroxylation is 1. The van der Waals surface area contributed by atoms with E-state index >= 15 is 0 Å². The number of nitrogens with zero attached hydrogens (tertiary/aromatic N) is 3. The largest absolute Gasteiger partial charge is 0.480 e. The number of rotatable bonds is 7. The van der Waals surface area contributed by atoms with Gasteiger partial charge < -0.3 is 14.9 Å². The maximum atomic E-state index is 13.2. The summed E-state index contributed by atoms with van der Waals surface area (Å²) in [5.41, 5.74) is 1.71. The highest BCUT2D eigenvalue weighted by molar-refractivity contribution is 8.26. The zero-order valence-electron chi connectivity index (χ0n) is 18.9. The molecule has 1 aliphatic heterocycles. The van der Waals surface area contributed by atoms with E-state index in [0.29, 0.717) is 27.7 Å². The van der Waals surface area contributed by atoms with Gasteiger partial charge >= 0.3 is 5.97 Å². The Hall–Kier alpha value is -2.89. The molecule has 2 N–H and O–H groups in total. The molecule has 2 aromatic carbocycles. The summed E-state index contributed by atoms with van der Waals surface area (Å²) in [7, 11) is 0. The van der Waals surface area contributed by atoms with Crippen molar-refractivity contribution in [2.75, 3.05) is 0 Å². The van der Waals surface area contributed by atoms with Crippen LogP contribution in [-0.4, -0.2) is 53.2 Å². The van der Waals surface area contributed by atoms with Crippen LogP contribution in [-0.2, 0) is 9.59 Å². The molecule has 8 nitrogen and oxygen atoms in total. The number of para-hydroxylation sites is 1. The molecule has 12 heteroatoms. The molecular weight excluding hydrogens is 545 g/mol. The van der Waals surface area contributed by atoms with Gasteiger partial charge in [0.2, 0.25) is 5.88 Å². The van der Waals surface area contributed by atoms with Crippen molar-refractivity contribution in [1.29, 1.82) is 0 Å². The number of halogens is 2. The Kier molecular flexibility index (Phi) is 7.72. The number of amides is 1. The Labute approximate surface area is 226 Å². The fraction of sp³-hybridized carbons (Fsp3) is 0.167. The van der Waals surface area contributed by atoms with Gasteiger partial charge in [-0.15, -0.1) is 0 Å². The molecule has 1 fully saturated rings. The second-order valence-electron chi connectivity index (χ2n) is 7.80. The third kappa shape index (κ3) is 5.14. The predicted octanol–water partition coefficient (Wildman–Crippen LogP) is 5.32. The van der Waals surface area contributed by atoms with Gasteiger partial charge in [-0.1, -0.05) is 65.4 Å². The zero-order valence-corrected chi connectivity index (χ0v) is 22.0. The third-order valence-electron chi connectivity index (χ3n) is 5.25. The van der Waals surface area contributed by atoms with Gasteiger partial charge in [-0.25, -0.2) is 4.79 Å². The summed E-state index contributed by atoms with van der Waals surface area (Å²) in [6, 6.07) is 12.5. The second-order valence-corrected chi connectivity index (χ2v) is 10.3. The number of carbonyl (C=O) groups is 2. The van der Waals surface area contributed by atoms with Crippen LogP contribution in [0.15, 0.2) is 53.4 Å². The number of hydrogen-bond donors (Lipinski definition) is 2. The average Bonchev–Trinajstić information content (AvgIpc) is 3.27. The monoisotopic (exact) mass is 563 g/mol. The minimum Gasteiger partial charge on any atom is -0.480 e. The number of carboxylic acid groups (broad SMARTS) is 1. The first-order valence-corrected chi connectivity index (χ1v) is 12.5. The molecule has 0 aliphatic carbocycles. The number of carboxylic acids is 1. The first kappa shape index (κ1) is 26.2. The maximum absolute atomic E-state index is 13.2. The van der Waals surface area contributed by atoms with Gasteiger partial charge in [-0.05, 0) is 50.3 Å². The molecule has 1 aromatic heterocycles. The minimum atomic E-state index is -1.51. The topological polar surface area (TPSA) is 105 Å². The lowest BCUT2D eigenvalue weighted by Crippen LogP contribution is -2.49. The van der Waals surface area contributed by atoms with Crippen molar-refractivity contribution in [3.05, 3.63) is 74.7 Å². The number of ether oxygens (including phenoxy) is 1. The zero-order chi connectivity index (χ0) is 26.1. The number of carbonyl (C=O) groups excluding carboxylic acids is 1. The van der Waals surface area contributed by atoms with Gasteiger partial charge in [0.05, 0.1) is 33.0 Å². The van der Waals surface area contributed by atoms with Gasteiger partial charge in [-0.3, -0.25) is 9.69 Å². The van der Waals surface area contributed by atoms with Crippen LogP contribution in [0.5, 0.6) is 11.6 Å². The van der Waals surface area contributed by atoms with Crippen LogP contribution in [0, 0.1) is 6.92 Å². The van der Waals surface area contributed by atoms with Gasteiger partial charge in [0.15, 0.2) is 6.04 Å².